The molecule has 0 N–H and O–H groups in total. The fourth-order valence-electron chi connectivity index (χ4n) is 2.66. The fraction of sp³-hybridized carbons (Fsp3) is 0.714. The summed E-state index contributed by atoms with van der Waals surface area (Å²) in [5, 5.41) is 13.5. The van der Waals surface area contributed by atoms with Crippen LogP contribution in [0.5, 0.6) is 0 Å². The van der Waals surface area contributed by atoms with E-state index in [0.717, 1.165) is 24.5 Å². The summed E-state index contributed by atoms with van der Waals surface area (Å²) in [7, 11) is 0. The van der Waals surface area contributed by atoms with Crippen LogP contribution in [0, 0.1) is 30.6 Å². The maximum Gasteiger partial charge on any atom is 0.242 e. The molecule has 1 atom stereocenters. The van der Waals surface area contributed by atoms with Crippen molar-refractivity contribution in [3.05, 3.63) is 11.6 Å². The minimum Gasteiger partial charge on any atom is -0.339 e. The number of nitriles is 1. The van der Waals surface area contributed by atoms with Crippen molar-refractivity contribution in [1.82, 2.24) is 19.7 Å². The van der Waals surface area contributed by atoms with Crippen molar-refractivity contribution < 1.29 is 4.79 Å². The summed E-state index contributed by atoms with van der Waals surface area (Å²) in [6.07, 6.45) is 1.91. The van der Waals surface area contributed by atoms with Crippen molar-refractivity contribution in [2.75, 3.05) is 13.1 Å². The first-order chi connectivity index (χ1) is 9.35. The Balaban J connectivity index is 2.16. The highest BCUT2D eigenvalue weighted by Gasteiger charge is 2.35. The Hall–Kier alpha value is -1.90. The van der Waals surface area contributed by atoms with E-state index in [1.165, 1.54) is 0 Å². The lowest BCUT2D eigenvalue weighted by atomic mass is 9.92. The number of aryl methyl sites for hydroxylation is 2. The standard InChI is InChI=1S/C14H21N5O/c1-10-16-11(2)19(17-10)12-6-5-7-18(8-12)13(20)14(3,4)9-15/h12H,5-8H2,1-4H3. The smallest absolute Gasteiger partial charge is 0.242 e. The highest BCUT2D eigenvalue weighted by molar-refractivity contribution is 5.84. The van der Waals surface area contributed by atoms with Crippen LogP contribution in [0.3, 0.4) is 0 Å². The molecule has 1 aliphatic heterocycles. The van der Waals surface area contributed by atoms with Gasteiger partial charge in [0.15, 0.2) is 0 Å². The monoisotopic (exact) mass is 275 g/mol. The Morgan fingerprint density at radius 2 is 2.15 bits per heavy atom. The molecule has 1 fully saturated rings. The van der Waals surface area contributed by atoms with E-state index in [1.54, 1.807) is 18.7 Å². The first-order valence-electron chi connectivity index (χ1n) is 6.95. The number of carbonyl (C=O) groups excluding carboxylic acids is 1. The first kappa shape index (κ1) is 14.5. The third kappa shape index (κ3) is 2.67. The van der Waals surface area contributed by atoms with Gasteiger partial charge < -0.3 is 4.90 Å². The predicted molar refractivity (Wildman–Crippen MR) is 73.7 cm³/mol. The average Bonchev–Trinajstić information content (AvgIpc) is 2.77. The van der Waals surface area contributed by atoms with Gasteiger partial charge in [-0.1, -0.05) is 0 Å². The van der Waals surface area contributed by atoms with E-state index >= 15 is 0 Å². The van der Waals surface area contributed by atoms with Gasteiger partial charge in [0.25, 0.3) is 0 Å². The summed E-state index contributed by atoms with van der Waals surface area (Å²) in [5.41, 5.74) is -0.963. The number of nitrogens with zero attached hydrogens (tertiary/aromatic N) is 5. The van der Waals surface area contributed by atoms with Crippen molar-refractivity contribution in [1.29, 1.82) is 5.26 Å². The molecule has 20 heavy (non-hydrogen) atoms. The Morgan fingerprint density at radius 3 is 2.70 bits per heavy atom. The van der Waals surface area contributed by atoms with Gasteiger partial charge in [0, 0.05) is 13.1 Å². The lowest BCUT2D eigenvalue weighted by Crippen LogP contribution is -2.46. The molecule has 0 aliphatic carbocycles. The zero-order valence-corrected chi connectivity index (χ0v) is 12.6. The zero-order valence-electron chi connectivity index (χ0n) is 12.6. The summed E-state index contributed by atoms with van der Waals surface area (Å²) < 4.78 is 1.91. The van der Waals surface area contributed by atoms with Gasteiger partial charge in [-0.2, -0.15) is 10.4 Å². The van der Waals surface area contributed by atoms with Crippen molar-refractivity contribution in [2.45, 2.75) is 46.6 Å². The summed E-state index contributed by atoms with van der Waals surface area (Å²) in [6.45, 7) is 8.46. The third-order valence-electron chi connectivity index (χ3n) is 3.75. The molecule has 108 valence electrons. The zero-order chi connectivity index (χ0) is 14.9. The van der Waals surface area contributed by atoms with E-state index in [1.807, 2.05) is 18.5 Å². The summed E-state index contributed by atoms with van der Waals surface area (Å²) in [6, 6.07) is 2.24. The van der Waals surface area contributed by atoms with Gasteiger partial charge in [-0.25, -0.2) is 9.67 Å². The number of piperidine rings is 1. The molecule has 0 aromatic carbocycles. The van der Waals surface area contributed by atoms with Gasteiger partial charge in [-0.3, -0.25) is 4.79 Å². The van der Waals surface area contributed by atoms with Gasteiger partial charge in [0.05, 0.1) is 12.1 Å². The lowest BCUT2D eigenvalue weighted by molar-refractivity contribution is -0.139. The molecule has 0 saturated carbocycles. The quantitative estimate of drug-likeness (QED) is 0.821. The lowest BCUT2D eigenvalue weighted by Gasteiger charge is -2.35. The molecular formula is C14H21N5O. The highest BCUT2D eigenvalue weighted by atomic mass is 16.2. The van der Waals surface area contributed by atoms with E-state index in [-0.39, 0.29) is 11.9 Å². The molecule has 0 bridgehead atoms. The van der Waals surface area contributed by atoms with Crippen LogP contribution in [-0.4, -0.2) is 38.7 Å². The number of likely N-dealkylation sites (tertiary alicyclic amines) is 1. The summed E-state index contributed by atoms with van der Waals surface area (Å²) in [5.74, 6) is 1.53. The van der Waals surface area contributed by atoms with Crippen LogP contribution in [0.4, 0.5) is 0 Å². The highest BCUT2D eigenvalue weighted by Crippen LogP contribution is 2.26. The van der Waals surface area contributed by atoms with Gasteiger partial charge in [0.1, 0.15) is 17.1 Å². The fourth-order valence-corrected chi connectivity index (χ4v) is 2.66. The molecule has 1 aliphatic rings. The van der Waals surface area contributed by atoms with Crippen molar-refractivity contribution in [3.63, 3.8) is 0 Å². The maximum atomic E-state index is 12.4. The molecule has 6 heteroatoms. The minimum atomic E-state index is -0.963. The number of amides is 1. The van der Waals surface area contributed by atoms with E-state index in [9.17, 15) is 4.79 Å². The molecule has 0 spiro atoms. The molecule has 6 nitrogen and oxygen atoms in total. The van der Waals surface area contributed by atoms with Crippen LogP contribution in [0.25, 0.3) is 0 Å². The molecule has 2 rings (SSSR count). The Bertz CT molecular complexity index is 554. The van der Waals surface area contributed by atoms with Crippen LogP contribution in [0.2, 0.25) is 0 Å². The second kappa shape index (κ2) is 5.23. The van der Waals surface area contributed by atoms with Crippen LogP contribution >= 0.6 is 0 Å². The number of rotatable bonds is 2. The van der Waals surface area contributed by atoms with Crippen LogP contribution in [0.1, 0.15) is 44.4 Å². The molecular weight excluding hydrogens is 254 g/mol. The maximum absolute atomic E-state index is 12.4. The van der Waals surface area contributed by atoms with Crippen molar-refractivity contribution in [3.8, 4) is 6.07 Å². The second-order valence-corrected chi connectivity index (χ2v) is 5.93. The molecule has 1 saturated heterocycles. The van der Waals surface area contributed by atoms with Gasteiger partial charge in [0.2, 0.25) is 5.91 Å². The number of hydrogen-bond donors (Lipinski definition) is 0. The van der Waals surface area contributed by atoms with Crippen LogP contribution in [-0.2, 0) is 4.79 Å². The number of carbonyl (C=O) groups is 1. The van der Waals surface area contributed by atoms with Crippen molar-refractivity contribution in [2.24, 2.45) is 5.41 Å². The van der Waals surface area contributed by atoms with E-state index in [4.69, 9.17) is 5.26 Å². The molecule has 1 amide bonds. The van der Waals surface area contributed by atoms with Gasteiger partial charge in [-0.15, -0.1) is 0 Å². The normalized spacial score (nSPS) is 19.8. The minimum absolute atomic E-state index is 0.0980. The number of hydrogen-bond acceptors (Lipinski definition) is 4. The molecule has 0 radical (unpaired) electrons. The van der Waals surface area contributed by atoms with Gasteiger partial charge in [-0.05, 0) is 40.5 Å². The van der Waals surface area contributed by atoms with Crippen LogP contribution < -0.4 is 0 Å². The Morgan fingerprint density at radius 1 is 1.45 bits per heavy atom. The SMILES string of the molecule is Cc1nc(C)n(C2CCCN(C(=O)C(C)(C)C#N)C2)n1. The number of aromatic nitrogens is 3. The molecule has 1 unspecified atom stereocenters. The predicted octanol–water partition coefficient (Wildman–Crippen LogP) is 1.61. The Kier molecular flexibility index (Phi) is 3.80. The van der Waals surface area contributed by atoms with E-state index < -0.39 is 5.41 Å². The summed E-state index contributed by atoms with van der Waals surface area (Å²) >= 11 is 0. The van der Waals surface area contributed by atoms with Crippen molar-refractivity contribution >= 4 is 5.91 Å². The largest absolute Gasteiger partial charge is 0.339 e. The first-order valence-corrected chi connectivity index (χ1v) is 6.95. The Labute approximate surface area is 119 Å². The topological polar surface area (TPSA) is 74.8 Å². The molecule has 1 aromatic rings. The molecule has 1 aromatic heterocycles. The van der Waals surface area contributed by atoms with E-state index in [2.05, 4.69) is 16.2 Å². The average molecular weight is 275 g/mol. The molecule has 2 heterocycles. The van der Waals surface area contributed by atoms with Crippen LogP contribution in [0.15, 0.2) is 0 Å². The van der Waals surface area contributed by atoms with Gasteiger partial charge >= 0.3 is 0 Å². The summed E-state index contributed by atoms with van der Waals surface area (Å²) in [4.78, 5) is 18.5. The second-order valence-electron chi connectivity index (χ2n) is 5.93. The van der Waals surface area contributed by atoms with E-state index in [0.29, 0.717) is 13.1 Å². The third-order valence-corrected chi connectivity index (χ3v) is 3.75.